The summed E-state index contributed by atoms with van der Waals surface area (Å²) in [5, 5.41) is 1.88. The Bertz CT molecular complexity index is 1300. The van der Waals surface area contributed by atoms with Gasteiger partial charge in [0.05, 0.1) is 19.7 Å². The number of nitrogens with zero attached hydrogens (tertiary/aromatic N) is 1. The molecule has 2 aromatic carbocycles. The van der Waals surface area contributed by atoms with Crippen LogP contribution in [0.25, 0.3) is 21.8 Å². The highest BCUT2D eigenvalue weighted by atomic mass is 16.5. The molecule has 3 heterocycles. The van der Waals surface area contributed by atoms with Crippen LogP contribution < -0.4 is 0 Å². The van der Waals surface area contributed by atoms with E-state index in [4.69, 9.17) is 9.47 Å². The molecule has 2 unspecified atom stereocenters. The molecule has 2 aromatic heterocycles. The first kappa shape index (κ1) is 19.4. The Morgan fingerprint density at radius 1 is 0.935 bits per heavy atom. The lowest BCUT2D eigenvalue weighted by Gasteiger charge is -2.23. The van der Waals surface area contributed by atoms with Gasteiger partial charge in [-0.15, -0.1) is 0 Å². The summed E-state index contributed by atoms with van der Waals surface area (Å²) in [6.45, 7) is 0.886. The number of esters is 2. The van der Waals surface area contributed by atoms with E-state index in [-0.39, 0.29) is 0 Å². The van der Waals surface area contributed by atoms with E-state index in [0.29, 0.717) is 0 Å². The summed E-state index contributed by atoms with van der Waals surface area (Å²) in [6, 6.07) is 13.9. The molecule has 0 saturated heterocycles. The molecule has 0 saturated carbocycles. The van der Waals surface area contributed by atoms with Gasteiger partial charge in [0.15, 0.2) is 0 Å². The monoisotopic (exact) mass is 416 g/mol. The van der Waals surface area contributed by atoms with Crippen molar-refractivity contribution in [1.82, 2.24) is 9.55 Å². The molecule has 0 spiro atoms. The molecule has 0 aliphatic carbocycles. The largest absolute Gasteiger partial charge is 0.469 e. The normalized spacial score (nSPS) is 15.0. The van der Waals surface area contributed by atoms with E-state index in [9.17, 15) is 9.59 Å². The van der Waals surface area contributed by atoms with E-state index in [0.717, 1.165) is 52.3 Å². The van der Waals surface area contributed by atoms with E-state index in [1.807, 2.05) is 42.6 Å². The fraction of sp³-hybridized carbons (Fsp3) is 0.280. The van der Waals surface area contributed by atoms with Crippen molar-refractivity contribution >= 4 is 33.7 Å². The third-order valence-corrected chi connectivity index (χ3v) is 6.39. The van der Waals surface area contributed by atoms with Crippen LogP contribution in [-0.4, -0.2) is 35.7 Å². The standard InChI is InChI=1S/C25H24N2O4/c1-30-24(28)21(18-13-26-20-11-4-3-9-16(18)20)22(25(29)31-2)19-14-27-12-6-8-15-7-5-10-17(19)23(15)27/h3-5,7,9-11,13-14,21-22,26H,6,8,12H2,1-2H3. The van der Waals surface area contributed by atoms with Crippen molar-refractivity contribution in [1.29, 1.82) is 0 Å². The number of carbonyl (C=O) groups excluding carboxylic acids is 2. The maximum atomic E-state index is 13.2. The van der Waals surface area contributed by atoms with Crippen molar-refractivity contribution < 1.29 is 19.1 Å². The number of aryl methyl sites for hydroxylation is 2. The van der Waals surface area contributed by atoms with Crippen molar-refractivity contribution in [2.75, 3.05) is 14.2 Å². The Morgan fingerprint density at radius 2 is 1.65 bits per heavy atom. The Kier molecular flexibility index (Phi) is 4.77. The average Bonchev–Trinajstić information content (AvgIpc) is 3.40. The molecular weight excluding hydrogens is 392 g/mol. The number of carbonyl (C=O) groups is 2. The molecule has 6 nitrogen and oxygen atoms in total. The number of nitrogens with one attached hydrogen (secondary N) is 1. The second kappa shape index (κ2) is 7.61. The number of benzene rings is 2. The summed E-state index contributed by atoms with van der Waals surface area (Å²) in [5.74, 6) is -2.58. The van der Waals surface area contributed by atoms with Gasteiger partial charge in [-0.25, -0.2) is 0 Å². The average molecular weight is 416 g/mol. The van der Waals surface area contributed by atoms with Gasteiger partial charge >= 0.3 is 11.9 Å². The number of rotatable bonds is 5. The topological polar surface area (TPSA) is 73.3 Å². The lowest BCUT2D eigenvalue weighted by Crippen LogP contribution is -2.28. The molecule has 0 radical (unpaired) electrons. The molecule has 1 aliphatic heterocycles. The van der Waals surface area contributed by atoms with Gasteiger partial charge in [0.2, 0.25) is 0 Å². The summed E-state index contributed by atoms with van der Waals surface area (Å²) >= 11 is 0. The Morgan fingerprint density at radius 3 is 2.42 bits per heavy atom. The second-order valence-corrected chi connectivity index (χ2v) is 7.99. The predicted molar refractivity (Wildman–Crippen MR) is 118 cm³/mol. The summed E-state index contributed by atoms with van der Waals surface area (Å²) < 4.78 is 12.6. The van der Waals surface area contributed by atoms with Crippen LogP contribution in [0.15, 0.2) is 54.9 Å². The minimum atomic E-state index is -0.836. The van der Waals surface area contributed by atoms with Gasteiger partial charge in [0.1, 0.15) is 11.8 Å². The molecule has 5 rings (SSSR count). The fourth-order valence-electron chi connectivity index (χ4n) is 5.02. The maximum Gasteiger partial charge on any atom is 0.314 e. The number of hydrogen-bond donors (Lipinski definition) is 1. The van der Waals surface area contributed by atoms with Crippen molar-refractivity contribution in [3.05, 3.63) is 71.5 Å². The van der Waals surface area contributed by atoms with E-state index in [2.05, 4.69) is 15.6 Å². The van der Waals surface area contributed by atoms with Crippen molar-refractivity contribution in [2.24, 2.45) is 0 Å². The smallest absolute Gasteiger partial charge is 0.314 e. The maximum absolute atomic E-state index is 13.2. The van der Waals surface area contributed by atoms with Crippen LogP contribution in [0.5, 0.6) is 0 Å². The summed E-state index contributed by atoms with van der Waals surface area (Å²) in [7, 11) is 2.72. The number of hydrogen-bond acceptors (Lipinski definition) is 4. The number of ether oxygens (including phenoxy) is 2. The first-order chi connectivity index (χ1) is 15.1. The zero-order valence-corrected chi connectivity index (χ0v) is 17.6. The van der Waals surface area contributed by atoms with Crippen LogP contribution in [0, 0.1) is 0 Å². The molecule has 0 amide bonds. The minimum Gasteiger partial charge on any atom is -0.469 e. The van der Waals surface area contributed by atoms with Gasteiger partial charge < -0.3 is 19.0 Å². The van der Waals surface area contributed by atoms with Crippen LogP contribution in [-0.2, 0) is 32.0 Å². The highest BCUT2D eigenvalue weighted by molar-refractivity contribution is 5.99. The van der Waals surface area contributed by atoms with Gasteiger partial charge in [0.25, 0.3) is 0 Å². The van der Waals surface area contributed by atoms with Crippen LogP contribution in [0.3, 0.4) is 0 Å². The van der Waals surface area contributed by atoms with Crippen molar-refractivity contribution in [2.45, 2.75) is 31.2 Å². The second-order valence-electron chi connectivity index (χ2n) is 7.99. The molecule has 2 atom stereocenters. The Labute approximate surface area is 179 Å². The summed E-state index contributed by atoms with van der Waals surface area (Å²) in [6.07, 6.45) is 5.86. The minimum absolute atomic E-state index is 0.454. The van der Waals surface area contributed by atoms with Gasteiger partial charge in [-0.3, -0.25) is 9.59 Å². The van der Waals surface area contributed by atoms with E-state index < -0.39 is 23.8 Å². The van der Waals surface area contributed by atoms with Crippen LogP contribution >= 0.6 is 0 Å². The number of H-pyrrole nitrogens is 1. The first-order valence-electron chi connectivity index (χ1n) is 10.5. The van der Waals surface area contributed by atoms with Crippen LogP contribution in [0.1, 0.15) is 34.9 Å². The first-order valence-corrected chi connectivity index (χ1v) is 10.5. The van der Waals surface area contributed by atoms with Gasteiger partial charge in [0, 0.05) is 35.2 Å². The van der Waals surface area contributed by atoms with Crippen LogP contribution in [0.4, 0.5) is 0 Å². The Balaban J connectivity index is 1.76. The third kappa shape index (κ3) is 3.02. The van der Waals surface area contributed by atoms with Crippen molar-refractivity contribution in [3.8, 4) is 0 Å². The zero-order valence-electron chi connectivity index (χ0n) is 17.6. The van der Waals surface area contributed by atoms with Gasteiger partial charge in [-0.1, -0.05) is 36.4 Å². The molecule has 1 N–H and O–H groups in total. The summed E-state index contributed by atoms with van der Waals surface area (Å²) in [5.41, 5.74) is 4.83. The number of aromatic nitrogens is 2. The Hall–Kier alpha value is -3.54. The molecule has 0 bridgehead atoms. The molecule has 31 heavy (non-hydrogen) atoms. The fourth-order valence-corrected chi connectivity index (χ4v) is 5.02. The molecular formula is C25H24N2O4. The number of para-hydroxylation sites is 2. The summed E-state index contributed by atoms with van der Waals surface area (Å²) in [4.78, 5) is 29.5. The van der Waals surface area contributed by atoms with Gasteiger partial charge in [-0.05, 0) is 35.6 Å². The van der Waals surface area contributed by atoms with E-state index >= 15 is 0 Å². The lowest BCUT2D eigenvalue weighted by atomic mass is 9.81. The third-order valence-electron chi connectivity index (χ3n) is 6.39. The predicted octanol–water partition coefficient (Wildman–Crippen LogP) is 4.28. The highest BCUT2D eigenvalue weighted by Crippen LogP contribution is 2.42. The van der Waals surface area contributed by atoms with E-state index in [1.54, 1.807) is 6.20 Å². The van der Waals surface area contributed by atoms with E-state index in [1.165, 1.54) is 19.8 Å². The number of methoxy groups -OCH3 is 2. The molecule has 4 aromatic rings. The molecule has 0 fully saturated rings. The number of aromatic amines is 1. The zero-order chi connectivity index (χ0) is 21.5. The van der Waals surface area contributed by atoms with Crippen molar-refractivity contribution in [3.63, 3.8) is 0 Å². The van der Waals surface area contributed by atoms with Gasteiger partial charge in [-0.2, -0.15) is 0 Å². The molecule has 6 heteroatoms. The molecule has 158 valence electrons. The number of fused-ring (bicyclic) bond motifs is 1. The lowest BCUT2D eigenvalue weighted by molar-refractivity contribution is -0.150. The van der Waals surface area contributed by atoms with Crippen LogP contribution in [0.2, 0.25) is 0 Å². The highest BCUT2D eigenvalue weighted by Gasteiger charge is 2.41. The SMILES string of the molecule is COC(=O)C(c1c[nH]c2ccccc12)C(C(=O)OC)c1cn2c3c(cccc13)CCC2. The molecule has 1 aliphatic rings. The quantitative estimate of drug-likeness (QED) is 0.493.